The number of rotatable bonds is 3. The highest BCUT2D eigenvalue weighted by Gasteiger charge is 2.32. The first-order valence-corrected chi connectivity index (χ1v) is 7.04. The van der Waals surface area contributed by atoms with E-state index in [9.17, 15) is 5.11 Å². The number of aromatic nitrogens is 1. The lowest BCUT2D eigenvalue weighted by atomic mass is 10.0. The Kier molecular flexibility index (Phi) is 3.33. The molecule has 4 heteroatoms. The minimum Gasteiger partial charge on any atom is -0.483 e. The van der Waals surface area contributed by atoms with E-state index in [0.29, 0.717) is 11.6 Å². The molecule has 21 heavy (non-hydrogen) atoms. The number of hydrogen-bond donors (Lipinski definition) is 1. The fraction of sp³-hybridized carbons (Fsp3) is 0.353. The number of aliphatic hydroxyl groups excluding tert-OH is 1. The van der Waals surface area contributed by atoms with E-state index in [0.717, 1.165) is 29.0 Å². The summed E-state index contributed by atoms with van der Waals surface area (Å²) in [5, 5.41) is 9.27. The van der Waals surface area contributed by atoms with E-state index in [2.05, 4.69) is 24.9 Å². The van der Waals surface area contributed by atoms with Gasteiger partial charge < -0.3 is 14.6 Å². The van der Waals surface area contributed by atoms with Crippen LogP contribution in [0.1, 0.15) is 30.7 Å². The van der Waals surface area contributed by atoms with Crippen LogP contribution in [0.2, 0.25) is 0 Å². The number of nitrogens with zero attached hydrogens (tertiary/aromatic N) is 1. The van der Waals surface area contributed by atoms with Gasteiger partial charge in [0.25, 0.3) is 0 Å². The van der Waals surface area contributed by atoms with Gasteiger partial charge >= 0.3 is 0 Å². The zero-order valence-corrected chi connectivity index (χ0v) is 12.5. The highest BCUT2D eigenvalue weighted by molar-refractivity contribution is 5.51. The molecule has 0 bridgehead atoms. The van der Waals surface area contributed by atoms with Gasteiger partial charge in [-0.05, 0) is 38.5 Å². The van der Waals surface area contributed by atoms with Crippen LogP contribution in [0.25, 0.3) is 0 Å². The smallest absolute Gasteiger partial charge is 0.219 e. The van der Waals surface area contributed by atoms with Crippen molar-refractivity contribution in [2.75, 3.05) is 0 Å². The lowest BCUT2D eigenvalue weighted by molar-refractivity contribution is 0.135. The first-order valence-electron chi connectivity index (χ1n) is 7.04. The van der Waals surface area contributed by atoms with Crippen molar-refractivity contribution in [1.29, 1.82) is 0 Å². The highest BCUT2D eigenvalue weighted by atomic mass is 16.5. The second-order valence-electron chi connectivity index (χ2n) is 6.00. The van der Waals surface area contributed by atoms with Crippen molar-refractivity contribution in [3.8, 4) is 17.4 Å². The van der Waals surface area contributed by atoms with E-state index in [1.54, 1.807) is 6.07 Å². The number of fused-ring (bicyclic) bond motifs is 1. The fourth-order valence-corrected chi connectivity index (χ4v) is 2.63. The average Bonchev–Trinajstić information content (AvgIpc) is 2.73. The predicted octanol–water partition coefficient (Wildman–Crippen LogP) is 3.39. The minimum atomic E-state index is -0.210. The van der Waals surface area contributed by atoms with Gasteiger partial charge in [-0.25, -0.2) is 4.98 Å². The third-order valence-corrected chi connectivity index (χ3v) is 3.44. The van der Waals surface area contributed by atoms with Crippen molar-refractivity contribution >= 4 is 0 Å². The third-order valence-electron chi connectivity index (χ3n) is 3.44. The Labute approximate surface area is 124 Å². The summed E-state index contributed by atoms with van der Waals surface area (Å²) in [6.07, 6.45) is 0.864. The summed E-state index contributed by atoms with van der Waals surface area (Å²) in [7, 11) is 0. The molecule has 110 valence electrons. The Morgan fingerprint density at radius 3 is 2.90 bits per heavy atom. The normalized spacial score (nSPS) is 15.4. The van der Waals surface area contributed by atoms with Crippen molar-refractivity contribution < 1.29 is 14.6 Å². The number of para-hydroxylation sites is 1. The van der Waals surface area contributed by atoms with Gasteiger partial charge in [0.05, 0.1) is 6.61 Å². The van der Waals surface area contributed by atoms with Crippen molar-refractivity contribution in [3.05, 3.63) is 47.2 Å². The zero-order valence-electron chi connectivity index (χ0n) is 12.5. The van der Waals surface area contributed by atoms with E-state index in [-0.39, 0.29) is 12.2 Å². The maximum atomic E-state index is 9.27. The second-order valence-corrected chi connectivity index (χ2v) is 6.00. The summed E-state index contributed by atoms with van der Waals surface area (Å²) in [5.74, 6) is 1.93. The van der Waals surface area contributed by atoms with Gasteiger partial charge in [0, 0.05) is 23.7 Å². The molecule has 1 aliphatic rings. The standard InChI is InChI=1S/C17H19NO3/c1-11-7-12(10-19)8-15(18-11)20-14-6-4-5-13-9-17(2,3)21-16(13)14/h4-8,19H,9-10H2,1-3H3. The van der Waals surface area contributed by atoms with Crippen molar-refractivity contribution in [1.82, 2.24) is 4.98 Å². The Balaban J connectivity index is 1.94. The van der Waals surface area contributed by atoms with Gasteiger partial charge in [-0.1, -0.05) is 12.1 Å². The van der Waals surface area contributed by atoms with Gasteiger partial charge in [-0.3, -0.25) is 0 Å². The van der Waals surface area contributed by atoms with Gasteiger partial charge in [0.15, 0.2) is 11.5 Å². The Morgan fingerprint density at radius 1 is 1.33 bits per heavy atom. The maximum absolute atomic E-state index is 9.27. The van der Waals surface area contributed by atoms with Crippen LogP contribution in [-0.4, -0.2) is 15.7 Å². The molecule has 1 N–H and O–H groups in total. The third kappa shape index (κ3) is 2.85. The molecular weight excluding hydrogens is 266 g/mol. The van der Waals surface area contributed by atoms with Crippen LogP contribution in [0.3, 0.4) is 0 Å². The van der Waals surface area contributed by atoms with Crippen LogP contribution >= 0.6 is 0 Å². The molecule has 1 aromatic heterocycles. The molecule has 2 aromatic rings. The van der Waals surface area contributed by atoms with Gasteiger partial charge in [0.1, 0.15) is 5.60 Å². The summed E-state index contributed by atoms with van der Waals surface area (Å²) >= 11 is 0. The first-order chi connectivity index (χ1) is 9.97. The fourth-order valence-electron chi connectivity index (χ4n) is 2.63. The van der Waals surface area contributed by atoms with Crippen LogP contribution in [0.5, 0.6) is 17.4 Å². The van der Waals surface area contributed by atoms with E-state index in [4.69, 9.17) is 9.47 Å². The molecule has 2 heterocycles. The largest absolute Gasteiger partial charge is 0.483 e. The summed E-state index contributed by atoms with van der Waals surface area (Å²) in [4.78, 5) is 4.35. The predicted molar refractivity (Wildman–Crippen MR) is 79.8 cm³/mol. The van der Waals surface area contributed by atoms with Crippen LogP contribution in [0, 0.1) is 6.92 Å². The lowest BCUT2D eigenvalue weighted by Gasteiger charge is -2.18. The minimum absolute atomic E-state index is 0.0316. The monoisotopic (exact) mass is 285 g/mol. The van der Waals surface area contributed by atoms with Crippen molar-refractivity contribution in [2.45, 2.75) is 39.4 Å². The molecule has 0 atom stereocenters. The SMILES string of the molecule is Cc1cc(CO)cc(Oc2cccc3c2OC(C)(C)C3)n1. The Morgan fingerprint density at radius 2 is 2.14 bits per heavy atom. The molecule has 3 rings (SSSR count). The molecule has 1 aliphatic heterocycles. The average molecular weight is 285 g/mol. The van der Waals surface area contributed by atoms with E-state index in [1.165, 1.54) is 0 Å². The number of aryl methyl sites for hydroxylation is 1. The van der Waals surface area contributed by atoms with E-state index in [1.807, 2.05) is 25.1 Å². The van der Waals surface area contributed by atoms with Gasteiger partial charge in [-0.2, -0.15) is 0 Å². The number of pyridine rings is 1. The van der Waals surface area contributed by atoms with E-state index >= 15 is 0 Å². The molecule has 0 spiro atoms. The van der Waals surface area contributed by atoms with Crippen LogP contribution in [0.15, 0.2) is 30.3 Å². The number of ether oxygens (including phenoxy) is 2. The summed E-state index contributed by atoms with van der Waals surface area (Å²) in [5.41, 5.74) is 2.53. The molecular formula is C17H19NO3. The molecule has 0 saturated carbocycles. The molecule has 0 saturated heterocycles. The molecule has 4 nitrogen and oxygen atoms in total. The van der Waals surface area contributed by atoms with Crippen molar-refractivity contribution in [2.24, 2.45) is 0 Å². The molecule has 1 aromatic carbocycles. The highest BCUT2D eigenvalue weighted by Crippen LogP contribution is 2.43. The van der Waals surface area contributed by atoms with Gasteiger partial charge in [-0.15, -0.1) is 0 Å². The van der Waals surface area contributed by atoms with Crippen molar-refractivity contribution in [3.63, 3.8) is 0 Å². The van der Waals surface area contributed by atoms with E-state index < -0.39 is 0 Å². The van der Waals surface area contributed by atoms with Gasteiger partial charge in [0.2, 0.25) is 5.88 Å². The van der Waals surface area contributed by atoms with Crippen LogP contribution in [0.4, 0.5) is 0 Å². The number of aliphatic hydroxyl groups is 1. The lowest BCUT2D eigenvalue weighted by Crippen LogP contribution is -2.24. The van der Waals surface area contributed by atoms with Crippen LogP contribution in [-0.2, 0) is 13.0 Å². The number of benzene rings is 1. The number of hydrogen-bond acceptors (Lipinski definition) is 4. The second kappa shape index (κ2) is 5.04. The molecule has 0 unspecified atom stereocenters. The summed E-state index contributed by atoms with van der Waals surface area (Å²) in [6.45, 7) is 5.97. The topological polar surface area (TPSA) is 51.6 Å². The quantitative estimate of drug-likeness (QED) is 0.939. The molecule has 0 amide bonds. The van der Waals surface area contributed by atoms with Crippen LogP contribution < -0.4 is 9.47 Å². The Hall–Kier alpha value is -2.07. The maximum Gasteiger partial charge on any atom is 0.219 e. The molecule has 0 radical (unpaired) electrons. The molecule has 0 aliphatic carbocycles. The summed E-state index contributed by atoms with van der Waals surface area (Å²) < 4.78 is 11.9. The zero-order chi connectivity index (χ0) is 15.0. The first kappa shape index (κ1) is 13.9. The Bertz CT molecular complexity index is 680. The summed E-state index contributed by atoms with van der Waals surface area (Å²) in [6, 6.07) is 9.47. The molecule has 0 fully saturated rings.